The second-order valence-corrected chi connectivity index (χ2v) is 6.88. The number of rotatable bonds is 2. The molecule has 1 N–H and O–H groups in total. The summed E-state index contributed by atoms with van der Waals surface area (Å²) in [6, 6.07) is 0.298. The van der Waals surface area contributed by atoms with Crippen molar-refractivity contribution >= 4 is 17.0 Å². The maximum atomic E-state index is 14.3. The number of fused-ring (bicyclic) bond motifs is 1. The number of hydrogen-bond donors (Lipinski definition) is 1. The summed E-state index contributed by atoms with van der Waals surface area (Å²) in [7, 11) is 0. The van der Waals surface area contributed by atoms with Crippen LogP contribution in [0.25, 0.3) is 10.9 Å². The van der Waals surface area contributed by atoms with Crippen molar-refractivity contribution in [2.45, 2.75) is 45.3 Å². The van der Waals surface area contributed by atoms with Gasteiger partial charge in [0.1, 0.15) is 5.60 Å². The standard InChI is InChI=1S/C16H16F3N3O4/c1-16(2,3)26-14(23)21-20-13-8-6-9(17)10(18)11(19)12(8)22(7-4-5-7)15(24)25-13/h6-7H,4-5H2,1-3H3,(H,21,23)/b20-13-. The molecule has 3 rings (SSSR count). The lowest BCUT2D eigenvalue weighted by Crippen LogP contribution is -2.32. The maximum absolute atomic E-state index is 14.3. The number of ether oxygens (including phenoxy) is 1. The molecule has 7 nitrogen and oxygen atoms in total. The Morgan fingerprint density at radius 1 is 1.31 bits per heavy atom. The summed E-state index contributed by atoms with van der Waals surface area (Å²) < 4.78 is 52.5. The molecule has 1 aliphatic carbocycles. The van der Waals surface area contributed by atoms with E-state index in [1.165, 1.54) is 0 Å². The highest BCUT2D eigenvalue weighted by Crippen LogP contribution is 2.36. The normalized spacial score (nSPS) is 15.4. The number of nitrogens with zero attached hydrogens (tertiary/aromatic N) is 2. The van der Waals surface area contributed by atoms with Crippen molar-refractivity contribution in [1.29, 1.82) is 0 Å². The zero-order valence-corrected chi connectivity index (χ0v) is 14.2. The van der Waals surface area contributed by atoms with Crippen molar-refractivity contribution in [1.82, 2.24) is 9.99 Å². The predicted octanol–water partition coefficient (Wildman–Crippen LogP) is 2.69. The highest BCUT2D eigenvalue weighted by molar-refractivity contribution is 5.78. The zero-order chi connectivity index (χ0) is 19.2. The Bertz CT molecular complexity index is 1020. The molecule has 140 valence electrons. The van der Waals surface area contributed by atoms with Crippen molar-refractivity contribution < 1.29 is 27.1 Å². The summed E-state index contributed by atoms with van der Waals surface area (Å²) in [5.41, 5.74) is 0.136. The van der Waals surface area contributed by atoms with E-state index >= 15 is 0 Å². The molecule has 1 aliphatic rings. The average Bonchev–Trinajstić information content (AvgIpc) is 3.34. The molecule has 0 aliphatic heterocycles. The van der Waals surface area contributed by atoms with Crippen LogP contribution in [0.5, 0.6) is 0 Å². The third kappa shape index (κ3) is 3.44. The molecule has 1 aromatic heterocycles. The summed E-state index contributed by atoms with van der Waals surface area (Å²) in [5.74, 6) is -5.69. The van der Waals surface area contributed by atoms with E-state index in [0.717, 1.165) is 4.57 Å². The van der Waals surface area contributed by atoms with Gasteiger partial charge in [-0.3, -0.25) is 4.57 Å². The van der Waals surface area contributed by atoms with E-state index in [0.29, 0.717) is 18.9 Å². The van der Waals surface area contributed by atoms with E-state index in [4.69, 9.17) is 9.15 Å². The average molecular weight is 371 g/mol. The van der Waals surface area contributed by atoms with Crippen LogP contribution in [0.15, 0.2) is 20.4 Å². The molecule has 1 saturated carbocycles. The number of carbonyl (C=O) groups excluding carboxylic acids is 1. The molecule has 0 atom stereocenters. The van der Waals surface area contributed by atoms with Crippen molar-refractivity contribution in [2.75, 3.05) is 0 Å². The Balaban J connectivity index is 2.18. The van der Waals surface area contributed by atoms with Gasteiger partial charge in [0.05, 0.1) is 10.9 Å². The van der Waals surface area contributed by atoms with E-state index in [9.17, 15) is 22.8 Å². The van der Waals surface area contributed by atoms with Gasteiger partial charge in [-0.15, -0.1) is 5.10 Å². The summed E-state index contributed by atoms with van der Waals surface area (Å²) in [4.78, 5) is 23.8. The second-order valence-electron chi connectivity index (χ2n) is 6.88. The van der Waals surface area contributed by atoms with Gasteiger partial charge >= 0.3 is 11.8 Å². The van der Waals surface area contributed by atoms with Gasteiger partial charge in [-0.25, -0.2) is 28.2 Å². The fourth-order valence-electron chi connectivity index (χ4n) is 2.41. The van der Waals surface area contributed by atoms with Crippen molar-refractivity contribution in [3.05, 3.63) is 39.6 Å². The molecule has 0 spiro atoms. The van der Waals surface area contributed by atoms with Crippen LogP contribution in [0.4, 0.5) is 18.0 Å². The van der Waals surface area contributed by atoms with Crippen LogP contribution in [0.1, 0.15) is 39.7 Å². The van der Waals surface area contributed by atoms with Crippen molar-refractivity contribution in [3.63, 3.8) is 0 Å². The monoisotopic (exact) mass is 371 g/mol. The fourth-order valence-corrected chi connectivity index (χ4v) is 2.41. The number of halogens is 3. The molecule has 1 amide bonds. The highest BCUT2D eigenvalue weighted by Gasteiger charge is 2.30. The lowest BCUT2D eigenvalue weighted by Gasteiger charge is -2.18. The van der Waals surface area contributed by atoms with E-state index in [-0.39, 0.29) is 11.4 Å². The van der Waals surface area contributed by atoms with Gasteiger partial charge in [-0.1, -0.05) is 0 Å². The van der Waals surface area contributed by atoms with Crippen molar-refractivity contribution in [3.8, 4) is 0 Å². The quantitative estimate of drug-likeness (QED) is 0.650. The van der Waals surface area contributed by atoms with Crippen LogP contribution in [0, 0.1) is 17.5 Å². The van der Waals surface area contributed by atoms with Gasteiger partial charge in [0.25, 0.3) is 5.55 Å². The van der Waals surface area contributed by atoms with Gasteiger partial charge < -0.3 is 9.15 Å². The second kappa shape index (κ2) is 6.19. The topological polar surface area (TPSA) is 85.8 Å². The smallest absolute Gasteiger partial charge is 0.428 e. The molecule has 26 heavy (non-hydrogen) atoms. The third-order valence-electron chi connectivity index (χ3n) is 3.55. The first kappa shape index (κ1) is 18.0. The zero-order valence-electron chi connectivity index (χ0n) is 14.2. The van der Waals surface area contributed by atoms with Crippen LogP contribution in [0.3, 0.4) is 0 Å². The van der Waals surface area contributed by atoms with Gasteiger partial charge in [-0.05, 0) is 39.7 Å². The van der Waals surface area contributed by atoms with Crippen molar-refractivity contribution in [2.24, 2.45) is 5.10 Å². The molecule has 1 fully saturated rings. The summed E-state index contributed by atoms with van der Waals surface area (Å²) in [6.45, 7) is 4.87. The predicted molar refractivity (Wildman–Crippen MR) is 83.6 cm³/mol. The van der Waals surface area contributed by atoms with Crippen LogP contribution in [-0.2, 0) is 4.74 Å². The van der Waals surface area contributed by atoms with Gasteiger partial charge in [0.15, 0.2) is 17.5 Å². The minimum Gasteiger partial charge on any atom is -0.443 e. The lowest BCUT2D eigenvalue weighted by molar-refractivity contribution is 0.0524. The number of aromatic nitrogens is 1. The molecule has 0 radical (unpaired) electrons. The Labute approximate surface area is 145 Å². The lowest BCUT2D eigenvalue weighted by atomic mass is 10.2. The molecule has 0 saturated heterocycles. The molecule has 0 unspecified atom stereocenters. The fraction of sp³-hybridized carbons (Fsp3) is 0.438. The Hall–Kier alpha value is -2.78. The van der Waals surface area contributed by atoms with Crippen LogP contribution in [0.2, 0.25) is 0 Å². The van der Waals surface area contributed by atoms with E-state index in [2.05, 4.69) is 5.10 Å². The molecule has 10 heteroatoms. The first-order valence-corrected chi connectivity index (χ1v) is 7.84. The molecule has 1 aromatic carbocycles. The van der Waals surface area contributed by atoms with Gasteiger partial charge in [-0.2, -0.15) is 0 Å². The minimum atomic E-state index is -1.71. The Morgan fingerprint density at radius 3 is 2.54 bits per heavy atom. The highest BCUT2D eigenvalue weighted by atomic mass is 19.2. The maximum Gasteiger partial charge on any atom is 0.428 e. The van der Waals surface area contributed by atoms with E-state index in [1.54, 1.807) is 20.8 Å². The number of carbonyl (C=O) groups is 1. The first-order valence-electron chi connectivity index (χ1n) is 7.84. The molecule has 0 bridgehead atoms. The summed E-state index contributed by atoms with van der Waals surface area (Å²) in [5, 5.41) is 3.26. The van der Waals surface area contributed by atoms with Gasteiger partial charge in [0, 0.05) is 6.04 Å². The molecule has 1 heterocycles. The number of benzene rings is 1. The number of amides is 1. The van der Waals surface area contributed by atoms with Crippen LogP contribution >= 0.6 is 0 Å². The number of hydrogen-bond acceptors (Lipinski definition) is 5. The summed E-state index contributed by atoms with van der Waals surface area (Å²) in [6.07, 6.45) is 0.195. The van der Waals surface area contributed by atoms with E-state index < -0.39 is 46.0 Å². The van der Waals surface area contributed by atoms with Crippen LogP contribution < -0.4 is 16.7 Å². The van der Waals surface area contributed by atoms with Gasteiger partial charge in [0.2, 0.25) is 0 Å². The largest absolute Gasteiger partial charge is 0.443 e. The minimum absolute atomic E-state index is 0.288. The number of nitrogens with one attached hydrogen (secondary N) is 1. The molecular weight excluding hydrogens is 355 g/mol. The SMILES string of the molecule is CC(C)(C)OC(=O)N/N=c1\oc(=O)n(C2CC2)c2c(F)c(F)c(F)cc12. The van der Waals surface area contributed by atoms with E-state index in [1.807, 2.05) is 5.43 Å². The Kier molecular flexibility index (Phi) is 4.29. The third-order valence-corrected chi connectivity index (χ3v) is 3.55. The summed E-state index contributed by atoms with van der Waals surface area (Å²) >= 11 is 0. The first-order chi connectivity index (χ1) is 12.1. The molecule has 2 aromatic rings. The Morgan fingerprint density at radius 2 is 1.96 bits per heavy atom. The van der Waals surface area contributed by atoms with Crippen LogP contribution in [-0.4, -0.2) is 16.3 Å². The molecular formula is C16H16F3N3O4.